The second-order valence-corrected chi connectivity index (χ2v) is 4.44. The largest absolute Gasteiger partial charge is 0.411 e. The molecule has 1 aliphatic heterocycles. The van der Waals surface area contributed by atoms with Crippen LogP contribution in [0.2, 0.25) is 0 Å². The molecule has 2 unspecified atom stereocenters. The first-order chi connectivity index (χ1) is 7.38. The molecular weight excluding hydrogens is 188 g/mol. The van der Waals surface area contributed by atoms with Crippen LogP contribution in [0.15, 0.2) is 34.1 Å². The Kier molecular flexibility index (Phi) is 1.97. The smallest absolute Gasteiger partial charge is 0.0581 e. The average Bonchev–Trinajstić information content (AvgIpc) is 2.66. The lowest BCUT2D eigenvalue weighted by atomic mass is 9.77. The third-order valence-corrected chi connectivity index (χ3v) is 3.63. The number of rotatable bonds is 0. The fourth-order valence-corrected chi connectivity index (χ4v) is 2.83. The number of aliphatic imine (C=N–C) groups is 1. The van der Waals surface area contributed by atoms with Crippen molar-refractivity contribution in [2.45, 2.75) is 25.7 Å². The normalized spacial score (nSPS) is 35.9. The Bertz CT molecular complexity index is 404. The predicted octanol–water partition coefficient (Wildman–Crippen LogP) is 2.53. The third-order valence-electron chi connectivity index (χ3n) is 3.63. The topological polar surface area (TPSA) is 45.0 Å². The van der Waals surface area contributed by atoms with Crippen molar-refractivity contribution in [3.63, 3.8) is 0 Å². The van der Waals surface area contributed by atoms with Crippen LogP contribution in [0.25, 0.3) is 0 Å². The van der Waals surface area contributed by atoms with E-state index in [4.69, 9.17) is 10.2 Å². The summed E-state index contributed by atoms with van der Waals surface area (Å²) >= 11 is 0. The molecule has 15 heavy (non-hydrogen) atoms. The lowest BCUT2D eigenvalue weighted by Crippen LogP contribution is -2.27. The molecule has 1 fully saturated rings. The Morgan fingerprint density at radius 1 is 1.33 bits per heavy atom. The van der Waals surface area contributed by atoms with Crippen LogP contribution in [0.1, 0.15) is 25.7 Å². The molecule has 1 heterocycles. The minimum absolute atomic E-state index is 0.501. The van der Waals surface area contributed by atoms with Crippen molar-refractivity contribution in [2.75, 3.05) is 0 Å². The summed E-state index contributed by atoms with van der Waals surface area (Å²) in [5.41, 5.74) is 3.49. The molecule has 2 aliphatic carbocycles. The molecule has 1 N–H and O–H groups in total. The van der Waals surface area contributed by atoms with Gasteiger partial charge in [-0.2, -0.15) is 0 Å². The maximum absolute atomic E-state index is 8.83. The van der Waals surface area contributed by atoms with Crippen molar-refractivity contribution in [3.8, 4) is 0 Å². The summed E-state index contributed by atoms with van der Waals surface area (Å²) in [5.74, 6) is 1.04. The minimum Gasteiger partial charge on any atom is -0.411 e. The summed E-state index contributed by atoms with van der Waals surface area (Å²) in [5, 5.41) is 12.2. The molecule has 0 aromatic carbocycles. The van der Waals surface area contributed by atoms with Crippen molar-refractivity contribution in [2.24, 2.45) is 22.0 Å². The molecule has 0 aromatic heterocycles. The molecule has 2 atom stereocenters. The van der Waals surface area contributed by atoms with Crippen LogP contribution in [0.5, 0.6) is 0 Å². The fourth-order valence-electron chi connectivity index (χ4n) is 2.83. The Morgan fingerprint density at radius 2 is 2.27 bits per heavy atom. The van der Waals surface area contributed by atoms with Gasteiger partial charge in [0.1, 0.15) is 0 Å². The highest BCUT2D eigenvalue weighted by Gasteiger charge is 2.38. The van der Waals surface area contributed by atoms with Gasteiger partial charge >= 0.3 is 0 Å². The quantitative estimate of drug-likeness (QED) is 0.476. The van der Waals surface area contributed by atoms with Crippen LogP contribution < -0.4 is 0 Å². The second kappa shape index (κ2) is 3.33. The first-order valence-electron chi connectivity index (χ1n) is 5.52. The average molecular weight is 202 g/mol. The van der Waals surface area contributed by atoms with Gasteiger partial charge in [-0.05, 0) is 31.8 Å². The van der Waals surface area contributed by atoms with Crippen LogP contribution in [-0.4, -0.2) is 16.6 Å². The first kappa shape index (κ1) is 8.89. The lowest BCUT2D eigenvalue weighted by molar-refractivity contribution is 0.313. The Balaban J connectivity index is 1.91. The van der Waals surface area contributed by atoms with Crippen LogP contribution in [0.3, 0.4) is 0 Å². The highest BCUT2D eigenvalue weighted by Crippen LogP contribution is 2.41. The number of hydrogen-bond donors (Lipinski definition) is 1. The number of oxime groups is 1. The van der Waals surface area contributed by atoms with E-state index < -0.39 is 0 Å². The first-order valence-corrected chi connectivity index (χ1v) is 5.52. The van der Waals surface area contributed by atoms with Gasteiger partial charge in [-0.15, -0.1) is 0 Å². The highest BCUT2D eigenvalue weighted by atomic mass is 16.4. The van der Waals surface area contributed by atoms with E-state index in [1.54, 1.807) is 0 Å². The summed E-state index contributed by atoms with van der Waals surface area (Å²) in [6.07, 6.45) is 10.2. The minimum atomic E-state index is 0.501. The SMILES string of the molecule is ON=C1CCC2=NC3=CC=CCC3C2C1. The molecule has 3 aliphatic rings. The van der Waals surface area contributed by atoms with E-state index in [0.717, 1.165) is 31.4 Å². The van der Waals surface area contributed by atoms with Crippen molar-refractivity contribution < 1.29 is 5.21 Å². The Labute approximate surface area is 88.9 Å². The molecule has 0 spiro atoms. The molecule has 0 bridgehead atoms. The van der Waals surface area contributed by atoms with Crippen LogP contribution in [0, 0.1) is 11.8 Å². The van der Waals surface area contributed by atoms with E-state index in [1.165, 1.54) is 11.4 Å². The number of fused-ring (bicyclic) bond motifs is 3. The standard InChI is InChI=1S/C12H14N2O/c15-14-8-5-6-12-10(7-8)9-3-1-2-4-11(9)13-12/h1-2,4,9-10,15H,3,5-7H2. The van der Waals surface area contributed by atoms with Crippen molar-refractivity contribution in [3.05, 3.63) is 23.9 Å². The van der Waals surface area contributed by atoms with E-state index >= 15 is 0 Å². The summed E-state index contributed by atoms with van der Waals surface area (Å²) in [7, 11) is 0. The van der Waals surface area contributed by atoms with Gasteiger partial charge in [-0.1, -0.05) is 17.3 Å². The monoisotopic (exact) mass is 202 g/mol. The summed E-state index contributed by atoms with van der Waals surface area (Å²) < 4.78 is 0. The molecule has 3 rings (SSSR count). The molecular formula is C12H14N2O. The van der Waals surface area contributed by atoms with E-state index in [2.05, 4.69) is 23.4 Å². The van der Waals surface area contributed by atoms with Gasteiger partial charge in [-0.3, -0.25) is 4.99 Å². The number of hydrogen-bond acceptors (Lipinski definition) is 3. The van der Waals surface area contributed by atoms with Gasteiger partial charge in [-0.25, -0.2) is 0 Å². The maximum Gasteiger partial charge on any atom is 0.0581 e. The van der Waals surface area contributed by atoms with Gasteiger partial charge in [0, 0.05) is 23.2 Å². The van der Waals surface area contributed by atoms with Crippen LogP contribution in [0.4, 0.5) is 0 Å². The third kappa shape index (κ3) is 1.34. The summed E-state index contributed by atoms with van der Waals surface area (Å²) in [6.45, 7) is 0. The highest BCUT2D eigenvalue weighted by molar-refractivity contribution is 6.01. The maximum atomic E-state index is 8.83. The molecule has 3 heteroatoms. The van der Waals surface area contributed by atoms with Gasteiger partial charge in [0.05, 0.1) is 5.71 Å². The van der Waals surface area contributed by atoms with Gasteiger partial charge in [0.25, 0.3) is 0 Å². The van der Waals surface area contributed by atoms with Gasteiger partial charge in [0.15, 0.2) is 0 Å². The van der Waals surface area contributed by atoms with E-state index in [1.807, 2.05) is 0 Å². The van der Waals surface area contributed by atoms with E-state index in [-0.39, 0.29) is 0 Å². The zero-order chi connectivity index (χ0) is 10.3. The van der Waals surface area contributed by atoms with Crippen LogP contribution in [-0.2, 0) is 0 Å². The number of nitrogens with zero attached hydrogens (tertiary/aromatic N) is 2. The van der Waals surface area contributed by atoms with Crippen molar-refractivity contribution in [1.29, 1.82) is 0 Å². The van der Waals surface area contributed by atoms with Gasteiger partial charge < -0.3 is 5.21 Å². The Hall–Kier alpha value is -1.38. The fraction of sp³-hybridized carbons (Fsp3) is 0.500. The van der Waals surface area contributed by atoms with Crippen molar-refractivity contribution in [1.82, 2.24) is 0 Å². The molecule has 3 nitrogen and oxygen atoms in total. The van der Waals surface area contributed by atoms with Gasteiger partial charge in [0.2, 0.25) is 0 Å². The lowest BCUT2D eigenvalue weighted by Gasteiger charge is -2.25. The second-order valence-electron chi connectivity index (χ2n) is 4.44. The molecule has 78 valence electrons. The zero-order valence-corrected chi connectivity index (χ0v) is 8.56. The zero-order valence-electron chi connectivity index (χ0n) is 8.56. The summed E-state index contributed by atoms with van der Waals surface area (Å²) in [6, 6.07) is 0. The molecule has 0 radical (unpaired) electrons. The summed E-state index contributed by atoms with van der Waals surface area (Å²) in [4.78, 5) is 4.69. The van der Waals surface area contributed by atoms with E-state index in [0.29, 0.717) is 11.8 Å². The molecule has 0 saturated heterocycles. The van der Waals surface area contributed by atoms with Crippen LogP contribution >= 0.6 is 0 Å². The number of allylic oxidation sites excluding steroid dienone is 4. The molecule has 0 aromatic rings. The predicted molar refractivity (Wildman–Crippen MR) is 59.3 cm³/mol. The van der Waals surface area contributed by atoms with E-state index in [9.17, 15) is 0 Å². The Morgan fingerprint density at radius 3 is 3.13 bits per heavy atom. The van der Waals surface area contributed by atoms with Crippen molar-refractivity contribution >= 4 is 11.4 Å². The molecule has 0 amide bonds. The molecule has 1 saturated carbocycles.